The van der Waals surface area contributed by atoms with Gasteiger partial charge in [-0.1, -0.05) is 60.7 Å². The number of fused-ring (bicyclic) bond motifs is 1. The highest BCUT2D eigenvalue weighted by Gasteiger charge is 2.18. The smallest absolute Gasteiger partial charge is 0.225 e. The van der Waals surface area contributed by atoms with Crippen LogP contribution in [0.25, 0.3) is 11.0 Å². The Kier molecular flexibility index (Phi) is 5.11. The summed E-state index contributed by atoms with van der Waals surface area (Å²) in [6, 6.07) is 25.4. The lowest BCUT2D eigenvalue weighted by Crippen LogP contribution is -2.30. The number of nitrogens with one attached hydrogen (secondary N) is 1. The lowest BCUT2D eigenvalue weighted by Gasteiger charge is -2.20. The molecule has 4 aromatic rings. The van der Waals surface area contributed by atoms with Crippen LogP contribution in [0.1, 0.15) is 22.7 Å². The molecule has 4 rings (SSSR count). The standard InChI is InChI=1S/C24H21NO3/c1-27-20-12-13-21-19(16-28-22(21)15-20)14-23(26)25-24(17-8-4-2-5-9-17)18-10-6-3-7-11-18/h2-13,15-16,24H,14H2,1H3,(H,25,26). The summed E-state index contributed by atoms with van der Waals surface area (Å²) in [6.07, 6.45) is 1.89. The first-order valence-electron chi connectivity index (χ1n) is 9.18. The summed E-state index contributed by atoms with van der Waals surface area (Å²) in [4.78, 5) is 12.9. The number of methoxy groups -OCH3 is 1. The third-order valence-corrected chi connectivity index (χ3v) is 4.79. The predicted octanol–water partition coefficient (Wildman–Crippen LogP) is 4.89. The molecule has 0 atom stereocenters. The minimum absolute atomic E-state index is 0.0591. The molecule has 3 aromatic carbocycles. The molecule has 1 aromatic heterocycles. The number of amides is 1. The van der Waals surface area contributed by atoms with E-state index < -0.39 is 0 Å². The van der Waals surface area contributed by atoms with Crippen LogP contribution < -0.4 is 10.1 Å². The Balaban J connectivity index is 1.57. The van der Waals surface area contributed by atoms with Crippen LogP contribution in [0.15, 0.2) is 89.5 Å². The van der Waals surface area contributed by atoms with Gasteiger partial charge in [-0.25, -0.2) is 0 Å². The van der Waals surface area contributed by atoms with E-state index in [2.05, 4.69) is 5.32 Å². The van der Waals surface area contributed by atoms with Crippen LogP contribution in [-0.4, -0.2) is 13.0 Å². The SMILES string of the molecule is COc1ccc2c(CC(=O)NC(c3ccccc3)c3ccccc3)coc2c1. The van der Waals surface area contributed by atoms with Crippen molar-refractivity contribution in [1.82, 2.24) is 5.32 Å². The molecule has 1 amide bonds. The molecule has 0 saturated carbocycles. The minimum Gasteiger partial charge on any atom is -0.497 e. The summed E-state index contributed by atoms with van der Waals surface area (Å²) in [6.45, 7) is 0. The van der Waals surface area contributed by atoms with Gasteiger partial charge < -0.3 is 14.5 Å². The van der Waals surface area contributed by atoms with Gasteiger partial charge in [-0.05, 0) is 23.3 Å². The molecule has 0 unspecified atom stereocenters. The summed E-state index contributed by atoms with van der Waals surface area (Å²) in [5, 5.41) is 4.09. The van der Waals surface area contributed by atoms with Crippen LogP contribution >= 0.6 is 0 Å². The van der Waals surface area contributed by atoms with Gasteiger partial charge in [0.1, 0.15) is 11.3 Å². The fourth-order valence-corrected chi connectivity index (χ4v) is 3.36. The normalized spacial score (nSPS) is 10.9. The number of rotatable bonds is 6. The van der Waals surface area contributed by atoms with Crippen molar-refractivity contribution in [3.63, 3.8) is 0 Å². The lowest BCUT2D eigenvalue weighted by atomic mass is 9.98. The molecule has 1 N–H and O–H groups in total. The Labute approximate surface area is 163 Å². The zero-order valence-electron chi connectivity index (χ0n) is 15.6. The molecule has 1 heterocycles. The third kappa shape index (κ3) is 3.76. The van der Waals surface area contributed by atoms with Gasteiger partial charge in [-0.3, -0.25) is 4.79 Å². The Bertz CT molecular complexity index is 1030. The maximum absolute atomic E-state index is 12.9. The first kappa shape index (κ1) is 17.9. The summed E-state index contributed by atoms with van der Waals surface area (Å²) >= 11 is 0. The second-order valence-corrected chi connectivity index (χ2v) is 6.62. The molecule has 0 radical (unpaired) electrons. The molecule has 4 nitrogen and oxygen atoms in total. The quantitative estimate of drug-likeness (QED) is 0.525. The van der Waals surface area contributed by atoms with Gasteiger partial charge in [-0.15, -0.1) is 0 Å². The Morgan fingerprint density at radius 2 is 1.61 bits per heavy atom. The van der Waals surface area contributed by atoms with Gasteiger partial charge in [0.15, 0.2) is 0 Å². The van der Waals surface area contributed by atoms with E-state index in [1.807, 2.05) is 78.9 Å². The highest BCUT2D eigenvalue weighted by atomic mass is 16.5. The van der Waals surface area contributed by atoms with E-state index in [1.165, 1.54) is 0 Å². The number of ether oxygens (including phenoxy) is 1. The molecule has 4 heteroatoms. The predicted molar refractivity (Wildman–Crippen MR) is 109 cm³/mol. The van der Waals surface area contributed by atoms with Gasteiger partial charge >= 0.3 is 0 Å². The van der Waals surface area contributed by atoms with E-state index in [1.54, 1.807) is 13.4 Å². The summed E-state index contributed by atoms with van der Waals surface area (Å²) in [7, 11) is 1.62. The highest BCUT2D eigenvalue weighted by Crippen LogP contribution is 2.27. The zero-order chi connectivity index (χ0) is 19.3. The monoisotopic (exact) mass is 371 g/mol. The summed E-state index contributed by atoms with van der Waals surface area (Å²) in [5.74, 6) is 0.669. The summed E-state index contributed by atoms with van der Waals surface area (Å²) < 4.78 is 10.8. The van der Waals surface area contributed by atoms with E-state index in [0.717, 1.165) is 27.8 Å². The fraction of sp³-hybridized carbons (Fsp3) is 0.125. The van der Waals surface area contributed by atoms with Crippen LogP contribution in [-0.2, 0) is 11.2 Å². The second kappa shape index (κ2) is 8.01. The average Bonchev–Trinajstić information content (AvgIpc) is 3.15. The number of hydrogen-bond donors (Lipinski definition) is 1. The van der Waals surface area contributed by atoms with E-state index >= 15 is 0 Å². The first-order chi connectivity index (χ1) is 13.7. The number of carbonyl (C=O) groups is 1. The summed E-state index contributed by atoms with van der Waals surface area (Å²) in [5.41, 5.74) is 3.66. The minimum atomic E-state index is -0.201. The third-order valence-electron chi connectivity index (χ3n) is 4.79. The molecule has 140 valence electrons. The van der Waals surface area contributed by atoms with Crippen LogP contribution in [0.2, 0.25) is 0 Å². The molecule has 0 fully saturated rings. The van der Waals surface area contributed by atoms with E-state index in [4.69, 9.17) is 9.15 Å². The van der Waals surface area contributed by atoms with Crippen LogP contribution in [0.4, 0.5) is 0 Å². The topological polar surface area (TPSA) is 51.5 Å². The van der Waals surface area contributed by atoms with Gasteiger partial charge in [0.25, 0.3) is 0 Å². The van der Waals surface area contributed by atoms with Crippen molar-refractivity contribution in [2.75, 3.05) is 7.11 Å². The van der Waals surface area contributed by atoms with Gasteiger partial charge in [-0.2, -0.15) is 0 Å². The molecular formula is C24H21NO3. The fourth-order valence-electron chi connectivity index (χ4n) is 3.36. The van der Waals surface area contributed by atoms with E-state index in [-0.39, 0.29) is 18.4 Å². The number of hydrogen-bond acceptors (Lipinski definition) is 3. The van der Waals surface area contributed by atoms with Crippen molar-refractivity contribution in [3.8, 4) is 5.75 Å². The number of carbonyl (C=O) groups excluding carboxylic acids is 1. The van der Waals surface area contributed by atoms with Gasteiger partial charge in [0.05, 0.1) is 25.8 Å². The number of benzene rings is 3. The molecule has 0 aliphatic carbocycles. The Hall–Kier alpha value is -3.53. The first-order valence-corrected chi connectivity index (χ1v) is 9.18. The van der Waals surface area contributed by atoms with Crippen molar-refractivity contribution in [3.05, 3.63) is 102 Å². The lowest BCUT2D eigenvalue weighted by molar-refractivity contribution is -0.120. The zero-order valence-corrected chi connectivity index (χ0v) is 15.6. The van der Waals surface area contributed by atoms with Crippen LogP contribution in [0.5, 0.6) is 5.75 Å². The van der Waals surface area contributed by atoms with Gasteiger partial charge in [0, 0.05) is 17.0 Å². The van der Waals surface area contributed by atoms with Gasteiger partial charge in [0.2, 0.25) is 5.91 Å². The van der Waals surface area contributed by atoms with Crippen molar-refractivity contribution in [2.45, 2.75) is 12.5 Å². The second-order valence-electron chi connectivity index (χ2n) is 6.62. The molecule has 0 aliphatic rings. The van der Waals surface area contributed by atoms with Crippen molar-refractivity contribution in [2.24, 2.45) is 0 Å². The van der Waals surface area contributed by atoms with Crippen molar-refractivity contribution in [1.29, 1.82) is 0 Å². The Morgan fingerprint density at radius 3 is 2.21 bits per heavy atom. The van der Waals surface area contributed by atoms with Crippen molar-refractivity contribution >= 4 is 16.9 Å². The Morgan fingerprint density at radius 1 is 0.964 bits per heavy atom. The maximum atomic E-state index is 12.9. The molecule has 0 bridgehead atoms. The van der Waals surface area contributed by atoms with Crippen LogP contribution in [0, 0.1) is 0 Å². The molecule has 0 spiro atoms. The molecule has 0 aliphatic heterocycles. The van der Waals surface area contributed by atoms with Crippen LogP contribution in [0.3, 0.4) is 0 Å². The highest BCUT2D eigenvalue weighted by molar-refractivity contribution is 5.88. The maximum Gasteiger partial charge on any atom is 0.225 e. The van der Waals surface area contributed by atoms with Crippen molar-refractivity contribution < 1.29 is 13.9 Å². The molecule has 28 heavy (non-hydrogen) atoms. The average molecular weight is 371 g/mol. The molecule has 0 saturated heterocycles. The largest absolute Gasteiger partial charge is 0.497 e. The van der Waals surface area contributed by atoms with E-state index in [9.17, 15) is 4.79 Å². The van der Waals surface area contributed by atoms with E-state index in [0.29, 0.717) is 5.58 Å². The number of furan rings is 1. The molecular weight excluding hydrogens is 350 g/mol.